The third kappa shape index (κ3) is 1.93. The van der Waals surface area contributed by atoms with Crippen molar-refractivity contribution in [1.29, 1.82) is 0 Å². The van der Waals surface area contributed by atoms with E-state index in [9.17, 15) is 10.2 Å². The smallest absolute Gasteiger partial charge is 0.127 e. The molecule has 2 aromatic rings. The van der Waals surface area contributed by atoms with Gasteiger partial charge in [-0.2, -0.15) is 0 Å². The number of phenolic OH excluding ortho intramolecular Hbond substituents is 2. The van der Waals surface area contributed by atoms with Gasteiger partial charge in [0.1, 0.15) is 17.2 Å². The van der Waals surface area contributed by atoms with Crippen LogP contribution in [0.1, 0.15) is 0 Å². The molecule has 81 valence electrons. The minimum Gasteiger partial charge on any atom is -0.508 e. The summed E-state index contributed by atoms with van der Waals surface area (Å²) in [4.78, 5) is 0. The molecule has 16 heavy (non-hydrogen) atoms. The van der Waals surface area contributed by atoms with Crippen molar-refractivity contribution in [2.24, 2.45) is 0 Å². The van der Waals surface area contributed by atoms with Crippen LogP contribution in [0.3, 0.4) is 0 Å². The van der Waals surface area contributed by atoms with E-state index in [1.54, 1.807) is 30.3 Å². The highest BCUT2D eigenvalue weighted by Crippen LogP contribution is 2.33. The molecule has 2 aromatic carbocycles. The molecule has 1 radical (unpaired) electrons. The summed E-state index contributed by atoms with van der Waals surface area (Å²) >= 11 is 0. The van der Waals surface area contributed by atoms with Gasteiger partial charge in [0.15, 0.2) is 0 Å². The third-order valence-corrected chi connectivity index (χ3v) is 2.26. The molecule has 0 unspecified atom stereocenters. The Balaban J connectivity index is 2.48. The van der Waals surface area contributed by atoms with Gasteiger partial charge in [-0.25, -0.2) is 0 Å². The van der Waals surface area contributed by atoms with Gasteiger partial charge in [0.05, 0.1) is 7.11 Å². The van der Waals surface area contributed by atoms with E-state index in [1.807, 2.05) is 0 Å². The predicted octanol–water partition coefficient (Wildman–Crippen LogP) is 2.57. The first-order valence-corrected chi connectivity index (χ1v) is 4.79. The van der Waals surface area contributed by atoms with E-state index in [4.69, 9.17) is 4.74 Å². The maximum Gasteiger partial charge on any atom is 0.127 e. The summed E-state index contributed by atoms with van der Waals surface area (Å²) < 4.78 is 4.97. The normalized spacial score (nSPS) is 10.1. The van der Waals surface area contributed by atoms with E-state index >= 15 is 0 Å². The van der Waals surface area contributed by atoms with Crippen LogP contribution in [-0.4, -0.2) is 17.3 Å². The van der Waals surface area contributed by atoms with Gasteiger partial charge in [-0.05, 0) is 29.8 Å². The Morgan fingerprint density at radius 3 is 2.62 bits per heavy atom. The highest BCUT2D eigenvalue weighted by Gasteiger charge is 2.06. The minimum atomic E-state index is 0.0740. The average Bonchev–Trinajstić information content (AvgIpc) is 2.28. The highest BCUT2D eigenvalue weighted by molar-refractivity contribution is 5.71. The first-order valence-electron chi connectivity index (χ1n) is 4.79. The summed E-state index contributed by atoms with van der Waals surface area (Å²) in [6, 6.07) is 12.7. The van der Waals surface area contributed by atoms with Crippen molar-refractivity contribution in [3.8, 4) is 28.4 Å². The van der Waals surface area contributed by atoms with E-state index in [1.165, 1.54) is 13.2 Å². The van der Waals surface area contributed by atoms with Crippen LogP contribution in [0.4, 0.5) is 0 Å². The van der Waals surface area contributed by atoms with Gasteiger partial charge >= 0.3 is 0 Å². The number of phenols is 2. The second-order valence-corrected chi connectivity index (χ2v) is 3.35. The first kappa shape index (κ1) is 10.4. The third-order valence-electron chi connectivity index (χ3n) is 2.26. The molecule has 0 aromatic heterocycles. The Labute approximate surface area is 93.6 Å². The molecule has 0 atom stereocenters. The van der Waals surface area contributed by atoms with Crippen LogP contribution in [-0.2, 0) is 0 Å². The lowest BCUT2D eigenvalue weighted by molar-refractivity contribution is 0.408. The topological polar surface area (TPSA) is 49.7 Å². The zero-order valence-corrected chi connectivity index (χ0v) is 8.77. The number of ether oxygens (including phenoxy) is 1. The molecule has 0 aliphatic carbocycles. The zero-order valence-electron chi connectivity index (χ0n) is 8.77. The van der Waals surface area contributed by atoms with Crippen molar-refractivity contribution in [3.63, 3.8) is 0 Å². The molecule has 0 saturated carbocycles. The standard InChI is InChI=1S/C13H11O3/c1-16-11-5-6-12(13(15)8-11)9-3-2-4-10(14)7-9/h2-5,7-8,14-15H,1H3. The quantitative estimate of drug-likeness (QED) is 0.809. The first-order chi connectivity index (χ1) is 7.70. The van der Waals surface area contributed by atoms with E-state index in [0.29, 0.717) is 16.9 Å². The van der Waals surface area contributed by atoms with Gasteiger partial charge in [0, 0.05) is 11.6 Å². The second-order valence-electron chi connectivity index (χ2n) is 3.35. The maximum absolute atomic E-state index is 9.77. The number of methoxy groups -OCH3 is 1. The van der Waals surface area contributed by atoms with Crippen molar-refractivity contribution in [3.05, 3.63) is 42.5 Å². The van der Waals surface area contributed by atoms with Crippen LogP contribution < -0.4 is 4.74 Å². The van der Waals surface area contributed by atoms with Crippen molar-refractivity contribution in [2.75, 3.05) is 7.11 Å². The molecule has 0 aliphatic heterocycles. The lowest BCUT2D eigenvalue weighted by Gasteiger charge is -2.06. The molecule has 0 saturated heterocycles. The van der Waals surface area contributed by atoms with Crippen LogP contribution >= 0.6 is 0 Å². The molecule has 0 bridgehead atoms. The van der Waals surface area contributed by atoms with Gasteiger partial charge in [0.25, 0.3) is 0 Å². The molecule has 2 N–H and O–H groups in total. The van der Waals surface area contributed by atoms with Crippen molar-refractivity contribution in [2.45, 2.75) is 0 Å². The molecule has 0 aliphatic rings. The average molecular weight is 215 g/mol. The summed E-state index contributed by atoms with van der Waals surface area (Å²) in [5, 5.41) is 19.1. The summed E-state index contributed by atoms with van der Waals surface area (Å²) in [6.07, 6.45) is 0. The lowest BCUT2D eigenvalue weighted by atomic mass is 10.0. The van der Waals surface area contributed by atoms with Crippen molar-refractivity contribution in [1.82, 2.24) is 0 Å². The molecule has 0 fully saturated rings. The molecule has 0 amide bonds. The molecule has 3 heteroatoms. The Morgan fingerprint density at radius 1 is 1.19 bits per heavy atom. The molecule has 0 heterocycles. The molecule has 2 rings (SSSR count). The van der Waals surface area contributed by atoms with Crippen LogP contribution in [0.5, 0.6) is 17.2 Å². The van der Waals surface area contributed by atoms with Crippen LogP contribution in [0, 0.1) is 6.07 Å². The van der Waals surface area contributed by atoms with Crippen LogP contribution in [0.25, 0.3) is 11.1 Å². The summed E-state index contributed by atoms with van der Waals surface area (Å²) in [5.41, 5.74) is 1.25. The van der Waals surface area contributed by atoms with E-state index in [2.05, 4.69) is 6.07 Å². The number of rotatable bonds is 2. The van der Waals surface area contributed by atoms with Gasteiger partial charge in [-0.15, -0.1) is 0 Å². The van der Waals surface area contributed by atoms with Gasteiger partial charge in [-0.3, -0.25) is 0 Å². The summed E-state index contributed by atoms with van der Waals surface area (Å²) in [7, 11) is 1.52. The van der Waals surface area contributed by atoms with Crippen molar-refractivity contribution < 1.29 is 14.9 Å². The van der Waals surface area contributed by atoms with E-state index in [-0.39, 0.29) is 11.5 Å². The molecular formula is C13H11O3. The Bertz CT molecular complexity index is 506. The Hall–Kier alpha value is -2.16. The molecular weight excluding hydrogens is 204 g/mol. The highest BCUT2D eigenvalue weighted by atomic mass is 16.5. The largest absolute Gasteiger partial charge is 0.508 e. The van der Waals surface area contributed by atoms with E-state index < -0.39 is 0 Å². The minimum absolute atomic E-state index is 0.0740. The van der Waals surface area contributed by atoms with E-state index in [0.717, 1.165) is 0 Å². The second kappa shape index (κ2) is 4.14. The fraction of sp³-hybridized carbons (Fsp3) is 0.0769. The zero-order chi connectivity index (χ0) is 11.5. The van der Waals surface area contributed by atoms with Gasteiger partial charge in [-0.1, -0.05) is 12.1 Å². The van der Waals surface area contributed by atoms with Crippen molar-refractivity contribution >= 4 is 0 Å². The number of benzene rings is 2. The SMILES string of the molecule is COc1c[c]c(-c2cccc(O)c2)c(O)c1. The number of aromatic hydroxyl groups is 2. The van der Waals surface area contributed by atoms with Crippen LogP contribution in [0.15, 0.2) is 36.4 Å². The Morgan fingerprint density at radius 2 is 2.00 bits per heavy atom. The fourth-order valence-electron chi connectivity index (χ4n) is 1.48. The number of hydrogen-bond acceptors (Lipinski definition) is 3. The lowest BCUT2D eigenvalue weighted by Crippen LogP contribution is -1.84. The summed E-state index contributed by atoms with van der Waals surface area (Å²) in [5.74, 6) is 0.771. The molecule has 3 nitrogen and oxygen atoms in total. The van der Waals surface area contributed by atoms with Gasteiger partial charge < -0.3 is 14.9 Å². The van der Waals surface area contributed by atoms with Gasteiger partial charge in [0.2, 0.25) is 0 Å². The fourth-order valence-corrected chi connectivity index (χ4v) is 1.48. The molecule has 0 spiro atoms. The predicted molar refractivity (Wildman–Crippen MR) is 60.6 cm³/mol. The van der Waals surface area contributed by atoms with Crippen LogP contribution in [0.2, 0.25) is 0 Å². The maximum atomic E-state index is 9.77. The Kier molecular flexibility index (Phi) is 2.68. The monoisotopic (exact) mass is 215 g/mol. The summed E-state index contributed by atoms with van der Waals surface area (Å²) in [6.45, 7) is 0. The number of hydrogen-bond donors (Lipinski definition) is 2.